The van der Waals surface area contributed by atoms with Crippen molar-refractivity contribution in [3.63, 3.8) is 0 Å². The predicted octanol–water partition coefficient (Wildman–Crippen LogP) is 1.06. The summed E-state index contributed by atoms with van der Waals surface area (Å²) in [5, 5.41) is 8.67. The van der Waals surface area contributed by atoms with Gasteiger partial charge in [0.05, 0.1) is 0 Å². The minimum absolute atomic E-state index is 0.316. The lowest BCUT2D eigenvalue weighted by Gasteiger charge is -2.15. The van der Waals surface area contributed by atoms with Gasteiger partial charge in [0.2, 0.25) is 0 Å². The van der Waals surface area contributed by atoms with Gasteiger partial charge in [0.25, 0.3) is 0 Å². The highest BCUT2D eigenvalue weighted by molar-refractivity contribution is 4.91. The second kappa shape index (κ2) is 7.41. The van der Waals surface area contributed by atoms with Crippen LogP contribution < -0.4 is 0 Å². The van der Waals surface area contributed by atoms with Gasteiger partial charge in [0.15, 0.2) is 0 Å². The van der Waals surface area contributed by atoms with Crippen LogP contribution in [0.2, 0.25) is 0 Å². The Balaban J connectivity index is 2.10. The first-order valence-electron chi connectivity index (χ1n) is 5.99. The van der Waals surface area contributed by atoms with Crippen molar-refractivity contribution in [3.8, 4) is 0 Å². The minimum Gasteiger partial charge on any atom is -0.396 e. The lowest BCUT2D eigenvalue weighted by molar-refractivity contribution is 0.273. The van der Waals surface area contributed by atoms with Crippen LogP contribution in [0.5, 0.6) is 0 Å². The van der Waals surface area contributed by atoms with Crippen molar-refractivity contribution in [2.75, 3.05) is 26.7 Å². The molecule has 4 heteroatoms. The zero-order chi connectivity index (χ0) is 11.8. The molecule has 0 aromatic carbocycles. The molecule has 0 aliphatic carbocycles. The maximum atomic E-state index is 8.67. The molecule has 0 unspecified atom stereocenters. The molecule has 0 radical (unpaired) electrons. The summed E-state index contributed by atoms with van der Waals surface area (Å²) < 4.78 is 2.07. The van der Waals surface area contributed by atoms with Crippen molar-refractivity contribution >= 4 is 0 Å². The Kier molecular flexibility index (Phi) is 6.11. The fourth-order valence-electron chi connectivity index (χ4n) is 1.71. The SMILES string of the molecule is CN(CCCCCO)CCc1nccn1C. The molecule has 92 valence electrons. The summed E-state index contributed by atoms with van der Waals surface area (Å²) in [6.45, 7) is 2.46. The van der Waals surface area contributed by atoms with Crippen molar-refractivity contribution in [1.82, 2.24) is 14.5 Å². The van der Waals surface area contributed by atoms with Crippen LogP contribution in [-0.2, 0) is 13.5 Å². The molecule has 0 amide bonds. The smallest absolute Gasteiger partial charge is 0.109 e. The molecule has 1 aromatic heterocycles. The van der Waals surface area contributed by atoms with E-state index in [1.54, 1.807) is 0 Å². The Morgan fingerprint density at radius 3 is 2.75 bits per heavy atom. The summed E-state index contributed by atoms with van der Waals surface area (Å²) in [6.07, 6.45) is 8.03. The molecule has 0 spiro atoms. The van der Waals surface area contributed by atoms with Crippen molar-refractivity contribution in [2.24, 2.45) is 7.05 Å². The Bertz CT molecular complexity index is 286. The van der Waals surface area contributed by atoms with E-state index >= 15 is 0 Å². The van der Waals surface area contributed by atoms with Crippen molar-refractivity contribution < 1.29 is 5.11 Å². The van der Waals surface area contributed by atoms with Gasteiger partial charge < -0.3 is 14.6 Å². The second-order valence-corrected chi connectivity index (χ2v) is 4.29. The van der Waals surface area contributed by atoms with Gasteiger partial charge in [-0.15, -0.1) is 0 Å². The summed E-state index contributed by atoms with van der Waals surface area (Å²) in [6, 6.07) is 0. The molecule has 1 heterocycles. The largest absolute Gasteiger partial charge is 0.396 e. The molecule has 0 bridgehead atoms. The van der Waals surface area contributed by atoms with Gasteiger partial charge in [0, 0.05) is 39.0 Å². The maximum absolute atomic E-state index is 8.67. The van der Waals surface area contributed by atoms with Crippen LogP contribution in [0.3, 0.4) is 0 Å². The molecule has 0 saturated carbocycles. The van der Waals surface area contributed by atoms with E-state index in [0.29, 0.717) is 6.61 Å². The zero-order valence-electron chi connectivity index (χ0n) is 10.4. The number of unbranched alkanes of at least 4 members (excludes halogenated alkanes) is 2. The monoisotopic (exact) mass is 225 g/mol. The molecular weight excluding hydrogens is 202 g/mol. The van der Waals surface area contributed by atoms with Crippen LogP contribution in [0.4, 0.5) is 0 Å². The highest BCUT2D eigenvalue weighted by atomic mass is 16.2. The normalized spacial score (nSPS) is 11.2. The Morgan fingerprint density at radius 1 is 1.31 bits per heavy atom. The molecule has 4 nitrogen and oxygen atoms in total. The Labute approximate surface area is 97.9 Å². The van der Waals surface area contributed by atoms with E-state index in [4.69, 9.17) is 5.11 Å². The van der Waals surface area contributed by atoms with Crippen molar-refractivity contribution in [1.29, 1.82) is 0 Å². The summed E-state index contributed by atoms with van der Waals surface area (Å²) in [5.74, 6) is 1.14. The first-order chi connectivity index (χ1) is 7.74. The van der Waals surface area contributed by atoms with Gasteiger partial charge in [-0.05, 0) is 32.9 Å². The van der Waals surface area contributed by atoms with Crippen LogP contribution >= 0.6 is 0 Å². The third-order valence-corrected chi connectivity index (χ3v) is 2.84. The Hall–Kier alpha value is -0.870. The summed E-state index contributed by atoms with van der Waals surface area (Å²) >= 11 is 0. The first kappa shape index (κ1) is 13.2. The zero-order valence-corrected chi connectivity index (χ0v) is 10.4. The molecule has 1 rings (SSSR count). The van der Waals surface area contributed by atoms with Crippen molar-refractivity contribution in [3.05, 3.63) is 18.2 Å². The predicted molar refractivity (Wildman–Crippen MR) is 65.3 cm³/mol. The number of hydrogen-bond acceptors (Lipinski definition) is 3. The van der Waals surface area contributed by atoms with Gasteiger partial charge in [-0.25, -0.2) is 4.98 Å². The molecule has 0 aliphatic rings. The quantitative estimate of drug-likeness (QED) is 0.673. The number of imidazole rings is 1. The standard InChI is InChI=1S/C12H23N3O/c1-14(8-4-3-5-11-16)9-6-12-13-7-10-15(12)2/h7,10,16H,3-6,8-9,11H2,1-2H3. The fourth-order valence-corrected chi connectivity index (χ4v) is 1.71. The number of rotatable bonds is 8. The molecular formula is C12H23N3O. The van der Waals surface area contributed by atoms with E-state index in [9.17, 15) is 0 Å². The lowest BCUT2D eigenvalue weighted by atomic mass is 10.2. The van der Waals surface area contributed by atoms with Gasteiger partial charge >= 0.3 is 0 Å². The van der Waals surface area contributed by atoms with Gasteiger partial charge in [-0.1, -0.05) is 0 Å². The molecule has 1 N–H and O–H groups in total. The van der Waals surface area contributed by atoms with Gasteiger partial charge in [-0.2, -0.15) is 0 Å². The number of likely N-dealkylation sites (N-methyl/N-ethyl adjacent to an activating group) is 1. The molecule has 0 atom stereocenters. The second-order valence-electron chi connectivity index (χ2n) is 4.29. The average Bonchev–Trinajstić information content (AvgIpc) is 2.67. The van der Waals surface area contributed by atoms with Crippen LogP contribution in [0.1, 0.15) is 25.1 Å². The highest BCUT2D eigenvalue weighted by Crippen LogP contribution is 2.00. The molecule has 0 aliphatic heterocycles. The van der Waals surface area contributed by atoms with Crippen LogP contribution in [-0.4, -0.2) is 46.3 Å². The van der Waals surface area contributed by atoms with Crippen LogP contribution in [0.15, 0.2) is 12.4 Å². The number of nitrogens with zero attached hydrogens (tertiary/aromatic N) is 3. The van der Waals surface area contributed by atoms with Crippen molar-refractivity contribution in [2.45, 2.75) is 25.7 Å². The fraction of sp³-hybridized carbons (Fsp3) is 0.750. The summed E-state index contributed by atoms with van der Waals surface area (Å²) in [4.78, 5) is 6.63. The van der Waals surface area contributed by atoms with E-state index in [1.165, 1.54) is 0 Å². The molecule has 0 fully saturated rings. The van der Waals surface area contributed by atoms with Crippen LogP contribution in [0.25, 0.3) is 0 Å². The van der Waals surface area contributed by atoms with E-state index in [1.807, 2.05) is 19.4 Å². The average molecular weight is 225 g/mol. The summed E-state index contributed by atoms with van der Waals surface area (Å²) in [5.41, 5.74) is 0. The number of aryl methyl sites for hydroxylation is 1. The number of hydrogen-bond donors (Lipinski definition) is 1. The summed E-state index contributed by atoms with van der Waals surface area (Å²) in [7, 11) is 4.17. The van der Waals surface area contributed by atoms with E-state index in [2.05, 4.69) is 21.5 Å². The third-order valence-electron chi connectivity index (χ3n) is 2.84. The number of aromatic nitrogens is 2. The molecule has 0 saturated heterocycles. The maximum Gasteiger partial charge on any atom is 0.109 e. The molecule has 1 aromatic rings. The number of aliphatic hydroxyl groups excluding tert-OH is 1. The minimum atomic E-state index is 0.316. The topological polar surface area (TPSA) is 41.3 Å². The van der Waals surface area contributed by atoms with E-state index < -0.39 is 0 Å². The van der Waals surface area contributed by atoms with E-state index in [0.717, 1.165) is 44.6 Å². The Morgan fingerprint density at radius 2 is 2.12 bits per heavy atom. The number of aliphatic hydroxyl groups is 1. The highest BCUT2D eigenvalue weighted by Gasteiger charge is 2.02. The van der Waals surface area contributed by atoms with Gasteiger partial charge in [0.1, 0.15) is 5.82 Å². The molecule has 16 heavy (non-hydrogen) atoms. The first-order valence-corrected chi connectivity index (χ1v) is 5.99. The van der Waals surface area contributed by atoms with Crippen LogP contribution in [0, 0.1) is 0 Å². The van der Waals surface area contributed by atoms with E-state index in [-0.39, 0.29) is 0 Å². The third kappa shape index (κ3) is 4.77. The lowest BCUT2D eigenvalue weighted by Crippen LogP contribution is -2.23. The van der Waals surface area contributed by atoms with Gasteiger partial charge in [-0.3, -0.25) is 0 Å².